The third-order valence-electron chi connectivity index (χ3n) is 1.00. The molecule has 0 rings (SSSR count). The summed E-state index contributed by atoms with van der Waals surface area (Å²) >= 11 is 0. The Morgan fingerprint density at radius 3 is 0.333 bits per heavy atom. The van der Waals surface area contributed by atoms with E-state index < -0.39 is 20.8 Å². The molecule has 0 heterocycles. The Labute approximate surface area is 236 Å². The van der Waals surface area contributed by atoms with Crippen molar-refractivity contribution in [2.75, 3.05) is 78.5 Å². The van der Waals surface area contributed by atoms with Gasteiger partial charge in [-0.05, 0) is 0 Å². The minimum atomic E-state index is -5.17. The molecule has 0 aromatic heterocycles. The van der Waals surface area contributed by atoms with Crippen LogP contribution in [0.4, 0.5) is 0 Å². The summed E-state index contributed by atoms with van der Waals surface area (Å²) in [6.07, 6.45) is 0. The van der Waals surface area contributed by atoms with Gasteiger partial charge in [0.2, 0.25) is 0 Å². The summed E-state index contributed by atoms with van der Waals surface area (Å²) in [5.41, 5.74) is 58.8. The molecule has 0 bridgehead atoms. The number of hydrogen-bond donors (Lipinski definition) is 12. The van der Waals surface area contributed by atoms with Gasteiger partial charge in [0.05, 0.1) is 0 Å². The first-order valence-corrected chi connectivity index (χ1v) is 11.9. The third kappa shape index (κ3) is 959. The van der Waals surface area contributed by atoms with Crippen LogP contribution in [-0.4, -0.2) is 114 Å². The summed E-state index contributed by atoms with van der Waals surface area (Å²) in [6, 6.07) is 0. The normalized spacial score (nSPS) is 8.22. The van der Waals surface area contributed by atoms with Gasteiger partial charge in [-0.3, -0.25) is 16.8 Å². The van der Waals surface area contributed by atoms with Crippen LogP contribution in [0.2, 0.25) is 0 Å². The predicted octanol–water partition coefficient (Wildman–Crippen LogP) is -9.26. The summed E-state index contributed by atoms with van der Waals surface area (Å²) in [5.74, 6) is 0. The van der Waals surface area contributed by atoms with Gasteiger partial charge in [0, 0.05) is 99.3 Å². The Bertz CT molecular complexity index is 384. The number of nitrogens with two attached hydrogens (primary N) is 12. The summed E-state index contributed by atoms with van der Waals surface area (Å²) in [5, 5.41) is 0. The van der Waals surface area contributed by atoms with E-state index in [1.165, 1.54) is 0 Å². The second kappa shape index (κ2) is 70.3. The summed E-state index contributed by atoms with van der Waals surface area (Å²) in [6.45, 7) is 7.17. The van der Waals surface area contributed by atoms with Crippen LogP contribution in [0.15, 0.2) is 0 Å². The van der Waals surface area contributed by atoms with Crippen molar-refractivity contribution >= 4 is 20.8 Å². The van der Waals surface area contributed by atoms with Gasteiger partial charge in [0.25, 0.3) is 0 Å². The van der Waals surface area contributed by atoms with Crippen molar-refractivity contribution < 1.29 is 69.2 Å². The molecular formula is C12H48Cu2N12O8S2. The molecule has 0 aliphatic carbocycles. The van der Waals surface area contributed by atoms with Crippen LogP contribution in [0.25, 0.3) is 0 Å². The van der Waals surface area contributed by atoms with Gasteiger partial charge >= 0.3 is 34.1 Å². The molecule has 36 heavy (non-hydrogen) atoms. The van der Waals surface area contributed by atoms with E-state index in [0.717, 1.165) is 0 Å². The molecule has 0 unspecified atom stereocenters. The van der Waals surface area contributed by atoms with E-state index in [4.69, 9.17) is 104 Å². The largest absolute Gasteiger partial charge is 2.00 e. The average molecular weight is 680 g/mol. The van der Waals surface area contributed by atoms with E-state index in [0.29, 0.717) is 78.5 Å². The number of hydrogen-bond acceptors (Lipinski definition) is 20. The van der Waals surface area contributed by atoms with Crippen LogP contribution in [0, 0.1) is 0 Å². The zero-order chi connectivity index (χ0) is 29.5. The van der Waals surface area contributed by atoms with Crippen LogP contribution in [0.3, 0.4) is 0 Å². The van der Waals surface area contributed by atoms with Gasteiger partial charge in [-0.25, -0.2) is 0 Å². The molecule has 24 N–H and O–H groups in total. The topological polar surface area (TPSA) is 473 Å². The molecule has 238 valence electrons. The van der Waals surface area contributed by atoms with Gasteiger partial charge in [-0.2, -0.15) is 0 Å². The smallest absolute Gasteiger partial charge is 0.759 e. The molecule has 0 spiro atoms. The predicted molar refractivity (Wildman–Crippen MR) is 130 cm³/mol. The molecule has 0 aromatic rings. The Morgan fingerprint density at radius 2 is 0.333 bits per heavy atom. The molecular weight excluding hydrogens is 631 g/mol. The van der Waals surface area contributed by atoms with E-state index >= 15 is 0 Å². The fourth-order valence-electron chi connectivity index (χ4n) is 0. The van der Waals surface area contributed by atoms with Gasteiger partial charge in [0.15, 0.2) is 0 Å². The monoisotopic (exact) mass is 678 g/mol. The standard InChI is InChI=1S/6C2H8N2.2Cu.2H2O4S/c6*3-1-2-4;;;2*1-5(2,3)4/h6*1-4H2;;;2*(H2,1,2,3,4)/q;;;;;;2*+2;;/p-4. The Balaban J connectivity index is -0.0000000267. The van der Waals surface area contributed by atoms with E-state index in [2.05, 4.69) is 0 Å². The molecule has 0 atom stereocenters. The fourth-order valence-corrected chi connectivity index (χ4v) is 0. The summed E-state index contributed by atoms with van der Waals surface area (Å²) < 4.78 is 68.2. The first kappa shape index (κ1) is 65.4. The van der Waals surface area contributed by atoms with Crippen molar-refractivity contribution in [3.63, 3.8) is 0 Å². The molecule has 2 radical (unpaired) electrons. The van der Waals surface area contributed by atoms with Gasteiger partial charge in [0.1, 0.15) is 0 Å². The Kier molecular flexibility index (Phi) is 128. The van der Waals surface area contributed by atoms with Gasteiger partial charge < -0.3 is 87.0 Å². The zero-order valence-corrected chi connectivity index (χ0v) is 23.6. The van der Waals surface area contributed by atoms with Crippen molar-refractivity contribution in [3.8, 4) is 0 Å². The molecule has 0 aliphatic heterocycles. The van der Waals surface area contributed by atoms with Crippen molar-refractivity contribution in [1.82, 2.24) is 0 Å². The van der Waals surface area contributed by atoms with Crippen LogP contribution in [0.1, 0.15) is 0 Å². The Morgan fingerprint density at radius 1 is 0.306 bits per heavy atom. The van der Waals surface area contributed by atoms with Crippen LogP contribution in [-0.2, 0) is 54.9 Å². The maximum atomic E-state index is 8.52. The first-order valence-electron chi connectivity index (χ1n) is 9.23. The minimum absolute atomic E-state index is 0. The molecule has 0 saturated heterocycles. The van der Waals surface area contributed by atoms with Crippen molar-refractivity contribution in [2.45, 2.75) is 0 Å². The summed E-state index contributed by atoms with van der Waals surface area (Å²) in [7, 11) is -10.3. The van der Waals surface area contributed by atoms with E-state index in [1.807, 2.05) is 0 Å². The molecule has 24 heteroatoms. The van der Waals surface area contributed by atoms with E-state index in [-0.39, 0.29) is 34.1 Å². The Hall–Kier alpha value is 0.299. The molecule has 0 aliphatic rings. The average Bonchev–Trinajstić information content (AvgIpc) is 2.77. The second-order valence-corrected chi connectivity index (χ2v) is 5.91. The van der Waals surface area contributed by atoms with Crippen molar-refractivity contribution in [3.05, 3.63) is 0 Å². The van der Waals surface area contributed by atoms with Crippen LogP contribution >= 0.6 is 0 Å². The molecule has 0 fully saturated rings. The quantitative estimate of drug-likeness (QED) is 0.0704. The van der Waals surface area contributed by atoms with E-state index in [1.54, 1.807) is 0 Å². The molecule has 0 aromatic carbocycles. The van der Waals surface area contributed by atoms with Gasteiger partial charge in [-0.1, -0.05) is 0 Å². The number of rotatable bonds is 6. The molecule has 20 nitrogen and oxygen atoms in total. The van der Waals surface area contributed by atoms with Crippen molar-refractivity contribution in [1.29, 1.82) is 0 Å². The summed E-state index contributed by atoms with van der Waals surface area (Å²) in [4.78, 5) is 0. The van der Waals surface area contributed by atoms with Gasteiger partial charge in [-0.15, -0.1) is 0 Å². The van der Waals surface area contributed by atoms with Crippen molar-refractivity contribution in [2.24, 2.45) is 68.8 Å². The van der Waals surface area contributed by atoms with Crippen LogP contribution in [0.5, 0.6) is 0 Å². The fraction of sp³-hybridized carbons (Fsp3) is 1.00. The molecule has 0 amide bonds. The zero-order valence-electron chi connectivity index (χ0n) is 20.1. The maximum absolute atomic E-state index is 8.52. The maximum Gasteiger partial charge on any atom is 2.00 e. The van der Waals surface area contributed by atoms with E-state index in [9.17, 15) is 0 Å². The SMILES string of the molecule is NCCN.NCCN.NCCN.NCCN.NCCN.NCCN.O=S(=O)([O-])[O-].O=S(=O)([O-])[O-].[Cu+2].[Cu+2]. The van der Waals surface area contributed by atoms with Crippen LogP contribution < -0.4 is 68.8 Å². The minimum Gasteiger partial charge on any atom is -0.759 e. The molecule has 0 saturated carbocycles. The second-order valence-electron chi connectivity index (χ2n) is 4.28. The first-order chi connectivity index (χ1) is 15.5. The third-order valence-corrected chi connectivity index (χ3v) is 1.00.